The summed E-state index contributed by atoms with van der Waals surface area (Å²) in [6.45, 7) is 9.09. The second kappa shape index (κ2) is 6.37. The van der Waals surface area contributed by atoms with Crippen LogP contribution in [0.15, 0.2) is 29.3 Å². The van der Waals surface area contributed by atoms with Crippen LogP contribution in [0.5, 0.6) is 0 Å². The summed E-state index contributed by atoms with van der Waals surface area (Å²) in [7, 11) is 1.66. The zero-order valence-electron chi connectivity index (χ0n) is 16.5. The molecule has 1 aliphatic rings. The number of ether oxygens (including phenoxy) is 1. The zero-order valence-corrected chi connectivity index (χ0v) is 16.5. The van der Waals surface area contributed by atoms with E-state index in [1.165, 1.54) is 0 Å². The van der Waals surface area contributed by atoms with Gasteiger partial charge in [0, 0.05) is 35.5 Å². The van der Waals surface area contributed by atoms with Gasteiger partial charge in [0.25, 0.3) is 0 Å². The van der Waals surface area contributed by atoms with Crippen LogP contribution in [0.4, 0.5) is 5.82 Å². The third-order valence-electron chi connectivity index (χ3n) is 4.59. The van der Waals surface area contributed by atoms with Gasteiger partial charge < -0.3 is 15.0 Å². The summed E-state index contributed by atoms with van der Waals surface area (Å²) in [5.41, 5.74) is 6.80. The molecular weight excluding hydrogens is 338 g/mol. The Morgan fingerprint density at radius 1 is 1.15 bits per heavy atom. The van der Waals surface area contributed by atoms with E-state index in [2.05, 4.69) is 48.2 Å². The molecule has 2 aromatic heterocycles. The average molecular weight is 363 g/mol. The molecule has 140 valence electrons. The Bertz CT molecular complexity index is 1040. The van der Waals surface area contributed by atoms with Gasteiger partial charge in [-0.05, 0) is 39.8 Å². The zero-order chi connectivity index (χ0) is 19.2. The Morgan fingerprint density at radius 3 is 2.70 bits per heavy atom. The maximum Gasteiger partial charge on any atom is 0.217 e. The van der Waals surface area contributed by atoms with E-state index in [0.29, 0.717) is 5.90 Å². The molecule has 0 spiro atoms. The molecule has 6 heteroatoms. The van der Waals surface area contributed by atoms with Crippen LogP contribution in [0.2, 0.25) is 0 Å². The number of benzene rings is 1. The molecule has 0 radical (unpaired) electrons. The van der Waals surface area contributed by atoms with E-state index in [0.717, 1.165) is 58.0 Å². The second-order valence-corrected chi connectivity index (χ2v) is 7.92. The van der Waals surface area contributed by atoms with Crippen molar-refractivity contribution in [3.8, 4) is 11.3 Å². The van der Waals surface area contributed by atoms with Gasteiger partial charge in [-0.3, -0.25) is 4.99 Å². The molecular formula is C21H25N5O. The van der Waals surface area contributed by atoms with Crippen molar-refractivity contribution in [3.05, 3.63) is 41.2 Å². The van der Waals surface area contributed by atoms with Crippen LogP contribution in [0, 0.1) is 6.92 Å². The highest BCUT2D eigenvalue weighted by Crippen LogP contribution is 2.31. The van der Waals surface area contributed by atoms with Crippen LogP contribution in [0.25, 0.3) is 22.3 Å². The topological polar surface area (TPSA) is 75.2 Å². The van der Waals surface area contributed by atoms with Gasteiger partial charge in [-0.15, -0.1) is 0 Å². The maximum absolute atomic E-state index is 5.44. The number of aliphatic imine (C=N–C) groups is 1. The van der Waals surface area contributed by atoms with E-state index in [9.17, 15) is 0 Å². The molecule has 0 aliphatic carbocycles. The van der Waals surface area contributed by atoms with E-state index in [1.54, 1.807) is 7.11 Å². The Balaban J connectivity index is 1.86. The van der Waals surface area contributed by atoms with Crippen LogP contribution < -0.4 is 5.32 Å². The van der Waals surface area contributed by atoms with Crippen molar-refractivity contribution in [3.63, 3.8) is 0 Å². The first-order valence-corrected chi connectivity index (χ1v) is 9.22. The predicted octanol–water partition coefficient (Wildman–Crippen LogP) is 4.09. The number of anilines is 1. The summed E-state index contributed by atoms with van der Waals surface area (Å²) in [5.74, 6) is 1.51. The van der Waals surface area contributed by atoms with Crippen molar-refractivity contribution in [1.29, 1.82) is 0 Å². The van der Waals surface area contributed by atoms with Crippen LogP contribution in [0.3, 0.4) is 0 Å². The highest BCUT2D eigenvalue weighted by atomic mass is 16.5. The van der Waals surface area contributed by atoms with E-state index in [1.807, 2.05) is 19.1 Å². The summed E-state index contributed by atoms with van der Waals surface area (Å²) in [6.07, 6.45) is 0.884. The smallest absolute Gasteiger partial charge is 0.217 e. The molecule has 3 heterocycles. The van der Waals surface area contributed by atoms with Gasteiger partial charge in [0.2, 0.25) is 5.90 Å². The number of nitrogens with zero attached hydrogens (tertiary/aromatic N) is 3. The predicted molar refractivity (Wildman–Crippen MR) is 110 cm³/mol. The van der Waals surface area contributed by atoms with Gasteiger partial charge in [0.15, 0.2) is 0 Å². The Kier molecular flexibility index (Phi) is 4.13. The molecule has 27 heavy (non-hydrogen) atoms. The largest absolute Gasteiger partial charge is 0.481 e. The van der Waals surface area contributed by atoms with Crippen molar-refractivity contribution in [1.82, 2.24) is 15.0 Å². The van der Waals surface area contributed by atoms with E-state index < -0.39 is 0 Å². The standard InChI is InChI=1S/C21H25N5O/c1-12-19(26-21(2,3)4)25-18-13(7-6-8-16(18)23-12)17-11-14-15(24-17)9-10-22-20(14)27-5/h6-8,11,24H,9-10H2,1-5H3,(H,25,26). The summed E-state index contributed by atoms with van der Waals surface area (Å²) in [6, 6.07) is 8.20. The summed E-state index contributed by atoms with van der Waals surface area (Å²) < 4.78 is 5.44. The minimum absolute atomic E-state index is 0.0859. The molecule has 4 rings (SSSR count). The van der Waals surface area contributed by atoms with E-state index in [-0.39, 0.29) is 5.54 Å². The number of aryl methyl sites for hydroxylation is 1. The molecule has 0 saturated carbocycles. The van der Waals surface area contributed by atoms with Crippen LogP contribution in [-0.4, -0.2) is 40.0 Å². The first kappa shape index (κ1) is 17.5. The maximum atomic E-state index is 5.44. The normalized spacial score (nSPS) is 14.0. The number of nitrogens with one attached hydrogen (secondary N) is 2. The monoisotopic (exact) mass is 363 g/mol. The van der Waals surface area contributed by atoms with Crippen molar-refractivity contribution >= 4 is 22.7 Å². The molecule has 6 nitrogen and oxygen atoms in total. The number of hydrogen-bond acceptors (Lipinski definition) is 5. The lowest BCUT2D eigenvalue weighted by Crippen LogP contribution is -2.27. The van der Waals surface area contributed by atoms with E-state index >= 15 is 0 Å². The molecule has 3 aromatic rings. The number of H-pyrrole nitrogens is 1. The van der Waals surface area contributed by atoms with E-state index in [4.69, 9.17) is 14.7 Å². The summed E-state index contributed by atoms with van der Waals surface area (Å²) in [4.78, 5) is 17.7. The second-order valence-electron chi connectivity index (χ2n) is 7.92. The Hall–Kier alpha value is -2.89. The highest BCUT2D eigenvalue weighted by molar-refractivity contribution is 5.99. The van der Waals surface area contributed by atoms with Gasteiger partial charge in [0.1, 0.15) is 11.3 Å². The number of rotatable bonds is 2. The molecule has 0 atom stereocenters. The third kappa shape index (κ3) is 3.27. The fraction of sp³-hybridized carbons (Fsp3) is 0.381. The molecule has 0 amide bonds. The van der Waals surface area contributed by atoms with Crippen LogP contribution >= 0.6 is 0 Å². The minimum atomic E-state index is -0.0859. The summed E-state index contributed by atoms with van der Waals surface area (Å²) in [5, 5.41) is 3.46. The fourth-order valence-electron chi connectivity index (χ4n) is 3.42. The quantitative estimate of drug-likeness (QED) is 0.719. The third-order valence-corrected chi connectivity index (χ3v) is 4.59. The molecule has 0 saturated heterocycles. The number of aromatic amines is 1. The minimum Gasteiger partial charge on any atom is -0.481 e. The number of fused-ring (bicyclic) bond motifs is 2. The first-order valence-electron chi connectivity index (χ1n) is 9.22. The number of hydrogen-bond donors (Lipinski definition) is 2. The lowest BCUT2D eigenvalue weighted by Gasteiger charge is -2.22. The van der Waals surface area contributed by atoms with Crippen molar-refractivity contribution in [2.75, 3.05) is 19.0 Å². The molecule has 0 fully saturated rings. The number of methoxy groups -OCH3 is 1. The summed E-state index contributed by atoms with van der Waals surface area (Å²) >= 11 is 0. The van der Waals surface area contributed by atoms with Crippen LogP contribution in [0.1, 0.15) is 37.7 Å². The Labute approximate surface area is 159 Å². The van der Waals surface area contributed by atoms with Gasteiger partial charge in [-0.2, -0.15) is 0 Å². The highest BCUT2D eigenvalue weighted by Gasteiger charge is 2.20. The van der Waals surface area contributed by atoms with Gasteiger partial charge >= 0.3 is 0 Å². The SMILES string of the molecule is COC1=NCCc2[nH]c(-c3cccc4nc(C)c(NC(C)(C)C)nc34)cc21. The van der Waals surface area contributed by atoms with Gasteiger partial charge in [-0.25, -0.2) is 9.97 Å². The molecule has 0 bridgehead atoms. The Morgan fingerprint density at radius 2 is 1.96 bits per heavy atom. The molecule has 1 aromatic carbocycles. The van der Waals surface area contributed by atoms with Crippen molar-refractivity contribution in [2.24, 2.45) is 4.99 Å². The molecule has 0 unspecified atom stereocenters. The molecule has 1 aliphatic heterocycles. The molecule has 2 N–H and O–H groups in total. The lowest BCUT2D eigenvalue weighted by molar-refractivity contribution is 0.400. The van der Waals surface area contributed by atoms with Gasteiger partial charge in [0.05, 0.1) is 23.9 Å². The fourth-order valence-corrected chi connectivity index (χ4v) is 3.42. The average Bonchev–Trinajstić information content (AvgIpc) is 3.04. The number of para-hydroxylation sites is 1. The first-order chi connectivity index (χ1) is 12.9. The van der Waals surface area contributed by atoms with Crippen molar-refractivity contribution < 1.29 is 4.74 Å². The van der Waals surface area contributed by atoms with Gasteiger partial charge in [-0.1, -0.05) is 12.1 Å². The van der Waals surface area contributed by atoms with Crippen molar-refractivity contribution in [2.45, 2.75) is 39.7 Å². The number of aromatic nitrogens is 3. The van der Waals surface area contributed by atoms with Crippen LogP contribution in [-0.2, 0) is 11.2 Å². The lowest BCUT2D eigenvalue weighted by atomic mass is 10.1.